The number of nitrogens with two attached hydrogens (primary N) is 1. The maximum absolute atomic E-state index is 10.6. The van der Waals surface area contributed by atoms with E-state index in [-0.39, 0.29) is 72.3 Å². The first kappa shape index (κ1) is 16.3. The number of carboxylic acid groups (broad SMARTS) is 1. The van der Waals surface area contributed by atoms with E-state index in [1.807, 2.05) is 0 Å². The Morgan fingerprint density at radius 2 is 1.87 bits per heavy atom. The molecular formula is C6H3Cl4KN2O2. The Labute approximate surface area is 148 Å². The summed E-state index contributed by atoms with van der Waals surface area (Å²) in [6.07, 6.45) is 0. The molecule has 0 fully saturated rings. The van der Waals surface area contributed by atoms with Gasteiger partial charge in [0.2, 0.25) is 0 Å². The number of carbonyl (C=O) groups excluding carboxylic acids is 1. The molecule has 0 radical (unpaired) electrons. The number of nitrogens with zero attached hydrogens (tertiary/aromatic N) is 1. The van der Waals surface area contributed by atoms with Gasteiger partial charge in [0.25, 0.3) is 0 Å². The van der Waals surface area contributed by atoms with E-state index in [2.05, 4.69) is 0 Å². The Balaban J connectivity index is 0.00000196. The average molecular weight is 316 g/mol. The Bertz CT molecular complexity index is 357. The number of hydrogen-bond acceptors (Lipinski definition) is 4. The third kappa shape index (κ3) is 3.17. The van der Waals surface area contributed by atoms with E-state index in [1.54, 1.807) is 0 Å². The van der Waals surface area contributed by atoms with Crippen LogP contribution in [0.2, 0.25) is 0 Å². The molecule has 1 aliphatic rings. The number of hydrogen-bond donors (Lipinski definition) is 1. The van der Waals surface area contributed by atoms with E-state index in [1.165, 1.54) is 0 Å². The van der Waals surface area contributed by atoms with Gasteiger partial charge in [0.15, 0.2) is 0 Å². The van der Waals surface area contributed by atoms with Crippen LogP contribution < -0.4 is 62.2 Å². The van der Waals surface area contributed by atoms with E-state index in [4.69, 9.17) is 52.3 Å². The minimum absolute atomic E-state index is 0. The van der Waals surface area contributed by atoms with Gasteiger partial charge in [-0.05, 0) is 0 Å². The van der Waals surface area contributed by atoms with Gasteiger partial charge >= 0.3 is 51.4 Å². The minimum atomic E-state index is -1.52. The second kappa shape index (κ2) is 6.33. The molecule has 78 valence electrons. The van der Waals surface area contributed by atoms with Crippen molar-refractivity contribution in [3.05, 3.63) is 20.9 Å². The maximum Gasteiger partial charge on any atom is 1.00 e. The van der Waals surface area contributed by atoms with Crippen LogP contribution in [-0.4, -0.2) is 16.4 Å². The predicted molar refractivity (Wildman–Crippen MR) is 52.3 cm³/mol. The molecule has 0 saturated heterocycles. The van der Waals surface area contributed by atoms with Crippen molar-refractivity contribution >= 4 is 52.5 Å². The summed E-state index contributed by atoms with van der Waals surface area (Å²) in [6.45, 7) is 0. The molecule has 0 spiro atoms. The quantitative estimate of drug-likeness (QED) is 0.334. The molecular weight excluding hydrogens is 313 g/mol. The Morgan fingerprint density at radius 1 is 1.40 bits per heavy atom. The van der Waals surface area contributed by atoms with Crippen LogP contribution in [0.4, 0.5) is 0 Å². The van der Waals surface area contributed by atoms with E-state index in [9.17, 15) is 9.90 Å². The van der Waals surface area contributed by atoms with Crippen molar-refractivity contribution in [3.63, 3.8) is 0 Å². The van der Waals surface area contributed by atoms with E-state index < -0.39 is 12.0 Å². The summed E-state index contributed by atoms with van der Waals surface area (Å²) in [5.41, 5.74) is 5.28. The van der Waals surface area contributed by atoms with Crippen LogP contribution in [0.3, 0.4) is 0 Å². The van der Waals surface area contributed by atoms with Crippen LogP contribution >= 0.6 is 46.6 Å². The molecule has 4 nitrogen and oxygen atoms in total. The minimum Gasteiger partial charge on any atom is -0.547 e. The molecule has 15 heavy (non-hydrogen) atoms. The predicted octanol–water partition coefficient (Wildman–Crippen LogP) is -2.37. The van der Waals surface area contributed by atoms with Gasteiger partial charge < -0.3 is 15.6 Å². The van der Waals surface area contributed by atoms with Gasteiger partial charge in [0, 0.05) is 11.8 Å². The van der Waals surface area contributed by atoms with E-state index in [0.29, 0.717) is 4.42 Å². The third-order valence-electron chi connectivity index (χ3n) is 1.55. The van der Waals surface area contributed by atoms with Crippen molar-refractivity contribution in [3.8, 4) is 0 Å². The van der Waals surface area contributed by atoms with Gasteiger partial charge in [0.05, 0.1) is 16.7 Å². The molecule has 1 atom stereocenters. The molecule has 0 aromatic carbocycles. The summed E-state index contributed by atoms with van der Waals surface area (Å²) >= 11 is 22.4. The zero-order valence-corrected chi connectivity index (χ0v) is 13.6. The molecule has 0 aromatic heterocycles. The Morgan fingerprint density at radius 3 is 2.27 bits per heavy atom. The fourth-order valence-electron chi connectivity index (χ4n) is 0.866. The van der Waals surface area contributed by atoms with Crippen LogP contribution in [0.25, 0.3) is 0 Å². The van der Waals surface area contributed by atoms with Gasteiger partial charge in [0.1, 0.15) is 16.2 Å². The van der Waals surface area contributed by atoms with Crippen LogP contribution in [-0.2, 0) is 4.79 Å². The van der Waals surface area contributed by atoms with Gasteiger partial charge in [-0.3, -0.25) is 4.42 Å². The summed E-state index contributed by atoms with van der Waals surface area (Å²) in [7, 11) is 0. The molecule has 1 aliphatic heterocycles. The van der Waals surface area contributed by atoms with Gasteiger partial charge in [-0.2, -0.15) is 0 Å². The largest absolute Gasteiger partial charge is 1.00 e. The zero-order chi connectivity index (χ0) is 11.0. The summed E-state index contributed by atoms with van der Waals surface area (Å²) in [5.74, 6) is -1.52. The molecule has 2 N–H and O–H groups in total. The monoisotopic (exact) mass is 314 g/mol. The molecule has 0 aromatic rings. The fraction of sp³-hybridized carbons (Fsp3) is 0.167. The molecule has 0 bridgehead atoms. The van der Waals surface area contributed by atoms with Crippen LogP contribution in [0, 0.1) is 0 Å². The van der Waals surface area contributed by atoms with Gasteiger partial charge in [-0.25, -0.2) is 0 Å². The number of carbonyl (C=O) groups is 1. The molecule has 0 amide bonds. The molecule has 0 aliphatic carbocycles. The number of allylic oxidation sites excluding steroid dienone is 1. The second-order valence-corrected chi connectivity index (χ2v) is 3.91. The standard InChI is InChI=1S/C6H4Cl4N2O2.K/c7-1-3(11)2(8)5(9)12(10)4(1)6(13)14;/h4H,11H2,(H,13,14);/q;+1/p-1. The third-order valence-corrected chi connectivity index (χ3v) is 3.26. The zero-order valence-electron chi connectivity index (χ0n) is 7.43. The summed E-state index contributed by atoms with van der Waals surface area (Å²) in [5, 5.41) is 10.1. The number of aliphatic carboxylic acids is 1. The van der Waals surface area contributed by atoms with E-state index >= 15 is 0 Å². The average Bonchev–Trinajstić information content (AvgIpc) is 2.11. The van der Waals surface area contributed by atoms with Crippen molar-refractivity contribution in [1.29, 1.82) is 0 Å². The van der Waals surface area contributed by atoms with Crippen LogP contribution in [0.1, 0.15) is 0 Å². The first-order valence-corrected chi connectivity index (χ1v) is 4.71. The summed E-state index contributed by atoms with van der Waals surface area (Å²) < 4.78 is 0.651. The van der Waals surface area contributed by atoms with Crippen molar-refractivity contribution in [2.75, 3.05) is 0 Å². The smallest absolute Gasteiger partial charge is 0.547 e. The summed E-state index contributed by atoms with van der Waals surface area (Å²) in [4.78, 5) is 10.6. The Hall–Kier alpha value is 1.35. The van der Waals surface area contributed by atoms with Crippen molar-refractivity contribution in [2.24, 2.45) is 5.73 Å². The molecule has 1 rings (SSSR count). The topological polar surface area (TPSA) is 69.4 Å². The van der Waals surface area contributed by atoms with Crippen molar-refractivity contribution < 1.29 is 61.3 Å². The normalized spacial score (nSPS) is 21.6. The fourth-order valence-corrected chi connectivity index (χ4v) is 1.94. The second-order valence-electron chi connectivity index (χ2n) is 2.40. The van der Waals surface area contributed by atoms with Crippen LogP contribution in [0.15, 0.2) is 20.9 Å². The van der Waals surface area contributed by atoms with Gasteiger partial charge in [-0.1, -0.05) is 34.8 Å². The Kier molecular flexibility index (Phi) is 6.89. The van der Waals surface area contributed by atoms with E-state index in [0.717, 1.165) is 0 Å². The van der Waals surface area contributed by atoms with Gasteiger partial charge in [-0.15, -0.1) is 0 Å². The van der Waals surface area contributed by atoms with Crippen LogP contribution in [0.5, 0.6) is 0 Å². The maximum atomic E-state index is 10.6. The SMILES string of the molecule is NC1=C(Cl)C(C(=O)[O-])N(Cl)C(Cl)=C1Cl.[K+]. The molecule has 9 heteroatoms. The van der Waals surface area contributed by atoms with Crippen molar-refractivity contribution in [1.82, 2.24) is 4.42 Å². The number of carboxylic acids is 1. The molecule has 0 saturated carbocycles. The number of halogens is 4. The molecule has 1 heterocycles. The van der Waals surface area contributed by atoms with Crippen molar-refractivity contribution in [2.45, 2.75) is 6.04 Å². The first-order valence-electron chi connectivity index (χ1n) is 3.24. The number of rotatable bonds is 1. The molecule has 1 unspecified atom stereocenters. The summed E-state index contributed by atoms with van der Waals surface area (Å²) in [6, 6.07) is -1.42. The first-order chi connectivity index (χ1) is 6.37.